The van der Waals surface area contributed by atoms with Gasteiger partial charge in [0, 0.05) is 12.0 Å². The summed E-state index contributed by atoms with van der Waals surface area (Å²) in [5.74, 6) is -0.359. The Morgan fingerprint density at radius 1 is 1.17 bits per heavy atom. The van der Waals surface area contributed by atoms with E-state index in [4.69, 9.17) is 5.11 Å². The van der Waals surface area contributed by atoms with E-state index in [9.17, 15) is 9.90 Å². The van der Waals surface area contributed by atoms with Crippen molar-refractivity contribution in [1.82, 2.24) is 0 Å². The van der Waals surface area contributed by atoms with Crippen LogP contribution in [0.1, 0.15) is 82.9 Å². The Hall–Kier alpha value is -1.51. The molecular weight excluding hydrogens is 288 g/mol. The van der Waals surface area contributed by atoms with Crippen molar-refractivity contribution in [2.45, 2.75) is 83.5 Å². The average Bonchev–Trinajstić information content (AvgIpc) is 2.45. The maximum atomic E-state index is 10.9. The average molecular weight is 318 g/mol. The van der Waals surface area contributed by atoms with Crippen molar-refractivity contribution in [3.63, 3.8) is 0 Å². The summed E-state index contributed by atoms with van der Waals surface area (Å²) in [6.45, 7) is 8.52. The van der Waals surface area contributed by atoms with E-state index in [0.29, 0.717) is 12.2 Å². The van der Waals surface area contributed by atoms with Crippen LogP contribution >= 0.6 is 0 Å². The second-order valence-electron chi connectivity index (χ2n) is 8.30. The van der Waals surface area contributed by atoms with E-state index in [0.717, 1.165) is 29.5 Å². The number of phenolic OH excluding ortho intramolecular Hbond substituents is 1. The minimum absolute atomic E-state index is 0.00155. The molecule has 1 saturated carbocycles. The lowest BCUT2D eigenvalue weighted by atomic mass is 9.68. The second kappa shape index (κ2) is 6.54. The Kier molecular flexibility index (Phi) is 5.07. The third-order valence-corrected chi connectivity index (χ3v) is 5.21. The molecule has 0 bridgehead atoms. The van der Waals surface area contributed by atoms with Gasteiger partial charge in [-0.05, 0) is 41.2 Å². The number of carboxylic acids is 1. The zero-order valence-electron chi connectivity index (χ0n) is 14.9. The SMILES string of the molecule is CC(C)(C)c1cc(CCC(=O)O)cc(C2(C)CCCCC2)c1O. The van der Waals surface area contributed by atoms with E-state index in [1.54, 1.807) is 0 Å². The van der Waals surface area contributed by atoms with Crippen molar-refractivity contribution in [2.75, 3.05) is 0 Å². The van der Waals surface area contributed by atoms with Crippen molar-refractivity contribution in [2.24, 2.45) is 0 Å². The van der Waals surface area contributed by atoms with Gasteiger partial charge in [0.1, 0.15) is 5.75 Å². The van der Waals surface area contributed by atoms with Gasteiger partial charge in [0.05, 0.1) is 0 Å². The van der Waals surface area contributed by atoms with Crippen LogP contribution < -0.4 is 0 Å². The van der Waals surface area contributed by atoms with Crippen LogP contribution in [0.5, 0.6) is 5.75 Å². The van der Waals surface area contributed by atoms with Gasteiger partial charge < -0.3 is 10.2 Å². The molecule has 23 heavy (non-hydrogen) atoms. The number of carbonyl (C=O) groups is 1. The summed E-state index contributed by atoms with van der Waals surface area (Å²) in [7, 11) is 0. The van der Waals surface area contributed by atoms with Gasteiger partial charge in [0.25, 0.3) is 0 Å². The lowest BCUT2D eigenvalue weighted by Crippen LogP contribution is -2.26. The first-order valence-corrected chi connectivity index (χ1v) is 8.72. The van der Waals surface area contributed by atoms with Crippen LogP contribution in [0.4, 0.5) is 0 Å². The predicted molar refractivity (Wildman–Crippen MR) is 93.2 cm³/mol. The number of hydrogen-bond acceptors (Lipinski definition) is 2. The Morgan fingerprint density at radius 2 is 1.78 bits per heavy atom. The quantitative estimate of drug-likeness (QED) is 0.827. The van der Waals surface area contributed by atoms with Gasteiger partial charge >= 0.3 is 5.97 Å². The van der Waals surface area contributed by atoms with Gasteiger partial charge in [-0.3, -0.25) is 4.79 Å². The molecule has 1 aromatic carbocycles. The molecule has 1 aromatic rings. The maximum Gasteiger partial charge on any atom is 0.303 e. The fraction of sp³-hybridized carbons (Fsp3) is 0.650. The van der Waals surface area contributed by atoms with E-state index < -0.39 is 5.97 Å². The van der Waals surface area contributed by atoms with Crippen molar-refractivity contribution < 1.29 is 15.0 Å². The molecule has 0 aromatic heterocycles. The maximum absolute atomic E-state index is 10.9. The standard InChI is InChI=1S/C20H30O3/c1-19(2,3)15-12-14(8-9-17(21)22)13-16(18(15)23)20(4)10-6-5-7-11-20/h12-13,23H,5-11H2,1-4H3,(H,21,22). The Morgan fingerprint density at radius 3 is 2.30 bits per heavy atom. The zero-order valence-corrected chi connectivity index (χ0v) is 14.9. The molecule has 0 spiro atoms. The van der Waals surface area contributed by atoms with Gasteiger partial charge in [0.2, 0.25) is 0 Å². The summed E-state index contributed by atoms with van der Waals surface area (Å²) in [4.78, 5) is 10.9. The number of carboxylic acid groups (broad SMARTS) is 1. The molecule has 0 radical (unpaired) electrons. The highest BCUT2D eigenvalue weighted by Gasteiger charge is 2.34. The third kappa shape index (κ3) is 4.07. The minimum Gasteiger partial charge on any atom is -0.507 e. The summed E-state index contributed by atoms with van der Waals surface area (Å²) < 4.78 is 0. The summed E-state index contributed by atoms with van der Waals surface area (Å²) in [6, 6.07) is 4.05. The Labute approximate surface area is 139 Å². The molecule has 0 aliphatic heterocycles. The number of hydrogen-bond donors (Lipinski definition) is 2. The first kappa shape index (κ1) is 17.8. The first-order chi connectivity index (χ1) is 10.6. The molecule has 0 unspecified atom stereocenters. The number of aryl methyl sites for hydroxylation is 1. The lowest BCUT2D eigenvalue weighted by Gasteiger charge is -2.36. The highest BCUT2D eigenvalue weighted by Crippen LogP contribution is 2.46. The molecule has 1 fully saturated rings. The molecule has 2 N–H and O–H groups in total. The molecule has 128 valence electrons. The number of benzene rings is 1. The topological polar surface area (TPSA) is 57.5 Å². The number of phenols is 1. The van der Waals surface area contributed by atoms with E-state index >= 15 is 0 Å². The number of aliphatic carboxylic acids is 1. The van der Waals surface area contributed by atoms with Gasteiger partial charge in [-0.15, -0.1) is 0 Å². The molecule has 1 aliphatic rings. The number of rotatable bonds is 4. The fourth-order valence-electron chi connectivity index (χ4n) is 3.72. The van der Waals surface area contributed by atoms with Crippen LogP contribution in [0, 0.1) is 0 Å². The molecule has 3 nitrogen and oxygen atoms in total. The fourth-order valence-corrected chi connectivity index (χ4v) is 3.72. The molecule has 3 heteroatoms. The van der Waals surface area contributed by atoms with Crippen LogP contribution in [0.3, 0.4) is 0 Å². The molecule has 0 heterocycles. The smallest absolute Gasteiger partial charge is 0.303 e. The first-order valence-electron chi connectivity index (χ1n) is 8.72. The van der Waals surface area contributed by atoms with Crippen LogP contribution in [0.25, 0.3) is 0 Å². The summed E-state index contributed by atoms with van der Waals surface area (Å²) in [5, 5.41) is 19.9. The van der Waals surface area contributed by atoms with Crippen LogP contribution in [0.15, 0.2) is 12.1 Å². The van der Waals surface area contributed by atoms with Crippen LogP contribution in [-0.4, -0.2) is 16.2 Å². The molecule has 1 aliphatic carbocycles. The van der Waals surface area contributed by atoms with Crippen molar-refractivity contribution in [1.29, 1.82) is 0 Å². The van der Waals surface area contributed by atoms with E-state index in [1.165, 1.54) is 19.3 Å². The third-order valence-electron chi connectivity index (χ3n) is 5.21. The van der Waals surface area contributed by atoms with E-state index in [-0.39, 0.29) is 17.3 Å². The molecule has 2 rings (SSSR count). The lowest BCUT2D eigenvalue weighted by molar-refractivity contribution is -0.136. The predicted octanol–water partition coefficient (Wildman–Crippen LogP) is 4.93. The number of aromatic hydroxyl groups is 1. The van der Waals surface area contributed by atoms with Crippen molar-refractivity contribution in [3.8, 4) is 5.75 Å². The second-order valence-corrected chi connectivity index (χ2v) is 8.30. The molecule has 0 atom stereocenters. The Balaban J connectivity index is 2.50. The van der Waals surface area contributed by atoms with Crippen molar-refractivity contribution in [3.05, 3.63) is 28.8 Å². The van der Waals surface area contributed by atoms with Gasteiger partial charge in [-0.1, -0.05) is 59.1 Å². The molecule has 0 amide bonds. The van der Waals surface area contributed by atoms with Gasteiger partial charge in [0.15, 0.2) is 0 Å². The van der Waals surface area contributed by atoms with Crippen LogP contribution in [0.2, 0.25) is 0 Å². The van der Waals surface area contributed by atoms with Crippen molar-refractivity contribution >= 4 is 5.97 Å². The Bertz CT molecular complexity index is 575. The van der Waals surface area contributed by atoms with E-state index in [1.807, 2.05) is 6.07 Å². The highest BCUT2D eigenvalue weighted by atomic mass is 16.4. The summed E-state index contributed by atoms with van der Waals surface area (Å²) in [6.07, 6.45) is 6.48. The molecular formula is C20H30O3. The summed E-state index contributed by atoms with van der Waals surface area (Å²) >= 11 is 0. The molecule has 0 saturated heterocycles. The normalized spacial score (nSPS) is 17.9. The monoisotopic (exact) mass is 318 g/mol. The van der Waals surface area contributed by atoms with Gasteiger partial charge in [-0.2, -0.15) is 0 Å². The van der Waals surface area contributed by atoms with Crippen LogP contribution in [-0.2, 0) is 22.0 Å². The largest absolute Gasteiger partial charge is 0.507 e. The minimum atomic E-state index is -0.777. The van der Waals surface area contributed by atoms with Gasteiger partial charge in [-0.25, -0.2) is 0 Å². The zero-order chi connectivity index (χ0) is 17.3. The highest BCUT2D eigenvalue weighted by molar-refractivity contribution is 5.67. The van der Waals surface area contributed by atoms with E-state index in [2.05, 4.69) is 33.8 Å². The summed E-state index contributed by atoms with van der Waals surface area (Å²) in [5.41, 5.74) is 2.81.